The average molecular weight is 879 g/mol. The van der Waals surface area contributed by atoms with Gasteiger partial charge in [-0.05, 0) is 121 Å². The summed E-state index contributed by atoms with van der Waals surface area (Å²) in [6, 6.07) is 78.4. The monoisotopic (exact) mass is 878 g/mol. The van der Waals surface area contributed by atoms with Crippen molar-refractivity contribution in [3.63, 3.8) is 0 Å². The van der Waals surface area contributed by atoms with Gasteiger partial charge >= 0.3 is 0 Å². The second-order valence-electron chi connectivity index (χ2n) is 18.4. The van der Waals surface area contributed by atoms with Gasteiger partial charge in [0.1, 0.15) is 11.2 Å². The molecule has 15 rings (SSSR count). The molecular formula is C64H38N4O. The van der Waals surface area contributed by atoms with E-state index in [1.807, 2.05) is 6.07 Å². The fourth-order valence-corrected chi connectivity index (χ4v) is 11.0. The van der Waals surface area contributed by atoms with Gasteiger partial charge in [0.05, 0.1) is 16.6 Å². The Bertz CT molecular complexity index is 4370. The summed E-state index contributed by atoms with van der Waals surface area (Å²) in [5.41, 5.74) is 14.7. The highest BCUT2D eigenvalue weighted by molar-refractivity contribution is 6.20. The first kappa shape index (κ1) is 38.0. The van der Waals surface area contributed by atoms with E-state index >= 15 is 0 Å². The van der Waals surface area contributed by atoms with E-state index in [1.54, 1.807) is 0 Å². The van der Waals surface area contributed by atoms with Crippen molar-refractivity contribution >= 4 is 76.1 Å². The first-order chi connectivity index (χ1) is 34.1. The van der Waals surface area contributed by atoms with Crippen LogP contribution in [0.5, 0.6) is 0 Å². The van der Waals surface area contributed by atoms with Gasteiger partial charge in [-0.2, -0.15) is 0 Å². The Morgan fingerprint density at radius 3 is 1.67 bits per heavy atom. The molecule has 11 aromatic carbocycles. The molecule has 14 aromatic rings. The van der Waals surface area contributed by atoms with Crippen LogP contribution in [0.2, 0.25) is 0 Å². The standard InChI is InChI=1S/C64H38N4O/c1-2-13-38(14-3-1)40-21-12-22-47(29-40)62-65-63(48-26-25-46-30-45-20-9-10-23-50(45)53(46)33-48)67-64(66-62)57-37-49(36-56-52-28-27-39-15-8-11-24-51(39)60(52)69-61(56)57)68-58-34-43-18-6-4-16-41(43)31-54(58)55-32-42-17-5-7-19-44(42)35-59(55)68/h1-29,31-37H,30H2. The molecule has 0 aliphatic heterocycles. The highest BCUT2D eigenvalue weighted by atomic mass is 16.3. The van der Waals surface area contributed by atoms with Crippen molar-refractivity contribution in [2.24, 2.45) is 0 Å². The van der Waals surface area contributed by atoms with Crippen LogP contribution in [0.4, 0.5) is 0 Å². The third-order valence-corrected chi connectivity index (χ3v) is 14.4. The Morgan fingerprint density at radius 2 is 0.913 bits per heavy atom. The first-order valence-corrected chi connectivity index (χ1v) is 23.5. The molecule has 0 amide bonds. The third-order valence-electron chi connectivity index (χ3n) is 14.4. The third kappa shape index (κ3) is 5.94. The van der Waals surface area contributed by atoms with Crippen molar-refractivity contribution in [3.8, 4) is 62.1 Å². The van der Waals surface area contributed by atoms with Gasteiger partial charge in [0.15, 0.2) is 17.5 Å². The van der Waals surface area contributed by atoms with Gasteiger partial charge in [0.2, 0.25) is 0 Å². The second kappa shape index (κ2) is 14.7. The van der Waals surface area contributed by atoms with Crippen LogP contribution >= 0.6 is 0 Å². The lowest BCUT2D eigenvalue weighted by atomic mass is 10.0. The summed E-state index contributed by atoms with van der Waals surface area (Å²) in [5.74, 6) is 1.72. The van der Waals surface area contributed by atoms with Gasteiger partial charge in [0.25, 0.3) is 0 Å². The van der Waals surface area contributed by atoms with Gasteiger partial charge < -0.3 is 8.98 Å². The molecule has 0 bridgehead atoms. The lowest BCUT2D eigenvalue weighted by Crippen LogP contribution is -2.02. The van der Waals surface area contributed by atoms with E-state index in [2.05, 4.69) is 217 Å². The smallest absolute Gasteiger partial charge is 0.167 e. The molecule has 0 atom stereocenters. The minimum atomic E-state index is 0.535. The number of nitrogens with zero attached hydrogens (tertiary/aromatic N) is 4. The summed E-state index contributed by atoms with van der Waals surface area (Å²) >= 11 is 0. The van der Waals surface area contributed by atoms with E-state index < -0.39 is 0 Å². The topological polar surface area (TPSA) is 56.7 Å². The summed E-state index contributed by atoms with van der Waals surface area (Å²) in [7, 11) is 0. The molecule has 320 valence electrons. The molecule has 0 saturated carbocycles. The Kier molecular flexibility index (Phi) is 8.06. The van der Waals surface area contributed by atoms with E-state index in [0.29, 0.717) is 17.5 Å². The van der Waals surface area contributed by atoms with Crippen molar-refractivity contribution in [1.29, 1.82) is 0 Å². The van der Waals surface area contributed by atoms with Gasteiger partial charge in [-0.25, -0.2) is 15.0 Å². The lowest BCUT2D eigenvalue weighted by Gasteiger charge is -2.14. The predicted molar refractivity (Wildman–Crippen MR) is 284 cm³/mol. The molecule has 0 fully saturated rings. The summed E-state index contributed by atoms with van der Waals surface area (Å²) in [4.78, 5) is 16.3. The fourth-order valence-electron chi connectivity index (χ4n) is 11.0. The van der Waals surface area contributed by atoms with Gasteiger partial charge in [-0.1, -0.05) is 164 Å². The fraction of sp³-hybridized carbons (Fsp3) is 0.0156. The Labute approximate surface area is 396 Å². The second-order valence-corrected chi connectivity index (χ2v) is 18.4. The molecule has 1 aliphatic rings. The summed E-state index contributed by atoms with van der Waals surface area (Å²) < 4.78 is 9.60. The molecule has 3 heterocycles. The van der Waals surface area contributed by atoms with E-state index in [4.69, 9.17) is 19.4 Å². The Hall–Kier alpha value is -9.19. The number of furan rings is 1. The first-order valence-electron chi connectivity index (χ1n) is 23.5. The molecule has 3 aromatic heterocycles. The van der Waals surface area contributed by atoms with Crippen molar-refractivity contribution in [3.05, 3.63) is 230 Å². The molecule has 0 radical (unpaired) electrons. The van der Waals surface area contributed by atoms with Crippen molar-refractivity contribution < 1.29 is 4.42 Å². The van der Waals surface area contributed by atoms with E-state index in [-0.39, 0.29) is 0 Å². The number of hydrogen-bond acceptors (Lipinski definition) is 4. The largest absolute Gasteiger partial charge is 0.455 e. The van der Waals surface area contributed by atoms with Gasteiger partial charge in [-0.3, -0.25) is 0 Å². The van der Waals surface area contributed by atoms with E-state index in [9.17, 15) is 0 Å². The number of aromatic nitrogens is 4. The number of hydrogen-bond donors (Lipinski definition) is 0. The molecule has 69 heavy (non-hydrogen) atoms. The van der Waals surface area contributed by atoms with Crippen molar-refractivity contribution in [2.45, 2.75) is 6.42 Å². The normalized spacial score (nSPS) is 12.3. The predicted octanol–water partition coefficient (Wildman–Crippen LogP) is 16.6. The van der Waals surface area contributed by atoms with Crippen LogP contribution in [0.1, 0.15) is 11.1 Å². The zero-order valence-electron chi connectivity index (χ0n) is 37.2. The quantitative estimate of drug-likeness (QED) is 0.173. The van der Waals surface area contributed by atoms with Crippen LogP contribution in [-0.4, -0.2) is 19.5 Å². The molecule has 0 spiro atoms. The average Bonchev–Trinajstić information content (AvgIpc) is 4.08. The van der Waals surface area contributed by atoms with Crippen LogP contribution in [0.25, 0.3) is 138 Å². The van der Waals surface area contributed by atoms with Crippen LogP contribution < -0.4 is 0 Å². The number of rotatable bonds is 5. The molecule has 0 saturated heterocycles. The van der Waals surface area contributed by atoms with Crippen molar-refractivity contribution in [1.82, 2.24) is 19.5 Å². The molecule has 0 unspecified atom stereocenters. The van der Waals surface area contributed by atoms with E-state index in [1.165, 1.54) is 54.6 Å². The maximum absolute atomic E-state index is 7.17. The number of benzene rings is 11. The summed E-state index contributed by atoms with van der Waals surface area (Å²) in [6.45, 7) is 0. The summed E-state index contributed by atoms with van der Waals surface area (Å²) in [5, 5.41) is 11.4. The Balaban J connectivity index is 1.04. The highest BCUT2D eigenvalue weighted by Crippen LogP contribution is 2.44. The summed E-state index contributed by atoms with van der Waals surface area (Å²) in [6.07, 6.45) is 0.908. The minimum Gasteiger partial charge on any atom is -0.455 e. The SMILES string of the molecule is c1ccc(-c2cccc(-c3nc(-c4ccc5c(c4)-c4ccccc4C5)nc(-c4cc(-n5c6cc7ccccc7cc6c6cc7ccccc7cc65)cc5c4oc4c6ccccc6ccc54)n3)c2)cc1. The zero-order valence-corrected chi connectivity index (χ0v) is 37.2. The van der Waals surface area contributed by atoms with Crippen molar-refractivity contribution in [2.75, 3.05) is 0 Å². The zero-order chi connectivity index (χ0) is 45.2. The molecule has 5 heteroatoms. The van der Waals surface area contributed by atoms with E-state index in [0.717, 1.165) is 83.7 Å². The van der Waals surface area contributed by atoms with Crippen LogP contribution in [0.3, 0.4) is 0 Å². The van der Waals surface area contributed by atoms with Gasteiger partial charge in [-0.15, -0.1) is 0 Å². The van der Waals surface area contributed by atoms with Gasteiger partial charge in [0, 0.05) is 43.7 Å². The molecular weight excluding hydrogens is 841 g/mol. The van der Waals surface area contributed by atoms with Crippen LogP contribution in [0, 0.1) is 0 Å². The molecule has 1 aliphatic carbocycles. The molecule has 0 N–H and O–H groups in total. The molecule has 5 nitrogen and oxygen atoms in total. The van der Waals surface area contributed by atoms with Crippen LogP contribution in [-0.2, 0) is 6.42 Å². The maximum atomic E-state index is 7.17. The number of fused-ring (bicyclic) bond motifs is 13. The maximum Gasteiger partial charge on any atom is 0.167 e. The minimum absolute atomic E-state index is 0.535. The highest BCUT2D eigenvalue weighted by Gasteiger charge is 2.25. The lowest BCUT2D eigenvalue weighted by molar-refractivity contribution is 0.673. The van der Waals surface area contributed by atoms with Crippen LogP contribution in [0.15, 0.2) is 223 Å². The Morgan fingerprint density at radius 1 is 0.319 bits per heavy atom.